The van der Waals surface area contributed by atoms with Gasteiger partial charge >= 0.3 is 11.9 Å². The minimum Gasteiger partial charge on any atom is -0.476 e. The Morgan fingerprint density at radius 1 is 1.11 bits per heavy atom. The molecule has 3 heterocycles. The van der Waals surface area contributed by atoms with Crippen molar-refractivity contribution >= 4 is 91.5 Å². The van der Waals surface area contributed by atoms with Gasteiger partial charge in [-0.1, -0.05) is 33.2 Å². The van der Waals surface area contributed by atoms with Crippen LogP contribution in [-0.2, 0) is 28.9 Å². The van der Waals surface area contributed by atoms with Gasteiger partial charge in [-0.15, -0.1) is 11.3 Å². The number of carbonyl (C=O) groups is 4. The van der Waals surface area contributed by atoms with Crippen molar-refractivity contribution in [3.63, 3.8) is 0 Å². The zero-order chi connectivity index (χ0) is 29.4. The minimum absolute atomic E-state index is 0.0171. The molecule has 0 aliphatic carbocycles. The molecule has 1 fully saturated rings. The van der Waals surface area contributed by atoms with Crippen molar-refractivity contribution in [1.29, 1.82) is 0 Å². The van der Waals surface area contributed by atoms with Gasteiger partial charge < -0.3 is 31.4 Å². The number of amides is 2. The van der Waals surface area contributed by atoms with Crippen LogP contribution < -0.4 is 11.5 Å². The Labute approximate surface area is 227 Å². The van der Waals surface area contributed by atoms with Gasteiger partial charge in [0.25, 0.3) is 0 Å². The van der Waals surface area contributed by atoms with E-state index < -0.39 is 19.1 Å². The van der Waals surface area contributed by atoms with Crippen molar-refractivity contribution in [2.45, 2.75) is 12.8 Å². The van der Waals surface area contributed by atoms with Gasteiger partial charge in [0, 0.05) is 30.0 Å². The van der Waals surface area contributed by atoms with Crippen LogP contribution in [-0.4, -0.2) is 81.1 Å². The molecule has 0 atom stereocenters. The number of hydrogen-bond donors (Lipinski definition) is 4. The van der Waals surface area contributed by atoms with Crippen LogP contribution in [0.25, 0.3) is 0 Å². The molecule has 1 aliphatic rings. The number of carboxylic acids is 2. The average molecular weight is 605 g/mol. The third-order valence-corrected chi connectivity index (χ3v) is 5.49. The van der Waals surface area contributed by atoms with Crippen LogP contribution in [0.3, 0.4) is 0 Å². The van der Waals surface area contributed by atoms with Gasteiger partial charge in [-0.3, -0.25) is 14.0 Å². The molecule has 0 spiro atoms. The molecule has 20 heteroatoms. The standard InChI is InChI=1S/C6H6ClN3O3S.C6H7N3O3S.C4H4ClNO2.CH3F/c1-13-10-3(5(11)12)2-4(7)14-6(8)9-2;1-12-9-4(5(10)11)3-2-13-6(7)8-3;5-6-3(7)1-2-4(6)8;1-2/h1H3,(H2,8,9)(H,11,12);2H,1H3,(H2,7,8)(H,10,11);1-2H2;1H3/b10-3-;9-4-;;/i;;;1D. The van der Waals surface area contributed by atoms with Crippen molar-refractivity contribution in [2.24, 2.45) is 10.3 Å². The maximum Gasteiger partial charge on any atom is 0.360 e. The Hall–Kier alpha value is -3.61. The lowest BCUT2D eigenvalue weighted by Crippen LogP contribution is -2.16. The van der Waals surface area contributed by atoms with E-state index in [1.165, 1.54) is 19.6 Å². The summed E-state index contributed by atoms with van der Waals surface area (Å²) in [6, 6.07) is 0. The van der Waals surface area contributed by atoms with E-state index in [1.807, 2.05) is 0 Å². The van der Waals surface area contributed by atoms with E-state index in [0.717, 1.165) is 22.7 Å². The Balaban J connectivity index is 0.000000528. The number of alkyl halides is 1. The van der Waals surface area contributed by atoms with Crippen LogP contribution in [0.5, 0.6) is 0 Å². The van der Waals surface area contributed by atoms with Gasteiger partial charge in [0.1, 0.15) is 29.9 Å². The predicted molar refractivity (Wildman–Crippen MR) is 134 cm³/mol. The number of nitrogens with two attached hydrogens (primary N) is 2. The second-order valence-corrected chi connectivity index (χ2v) is 8.53. The molecule has 15 nitrogen and oxygen atoms in total. The van der Waals surface area contributed by atoms with E-state index in [4.69, 9.17) is 46.4 Å². The normalized spacial score (nSPS) is 13.2. The monoisotopic (exact) mass is 604 g/mol. The molecule has 6 N–H and O–H groups in total. The topological polar surface area (TPSA) is 233 Å². The van der Waals surface area contributed by atoms with Crippen molar-refractivity contribution in [1.82, 2.24) is 14.4 Å². The molecule has 3 rings (SSSR count). The van der Waals surface area contributed by atoms with Gasteiger partial charge in [-0.2, -0.15) is 4.42 Å². The summed E-state index contributed by atoms with van der Waals surface area (Å²) in [5.74, 6) is -3.07. The molecular weight excluding hydrogens is 584 g/mol. The van der Waals surface area contributed by atoms with Crippen LogP contribution in [0, 0.1) is 0 Å². The number of imide groups is 1. The largest absolute Gasteiger partial charge is 0.476 e. The van der Waals surface area contributed by atoms with Gasteiger partial charge in [0.2, 0.25) is 23.2 Å². The molecule has 0 bridgehead atoms. The lowest BCUT2D eigenvalue weighted by Gasteiger charge is -1.96. The Morgan fingerprint density at radius 2 is 1.59 bits per heavy atom. The molecule has 37 heavy (non-hydrogen) atoms. The number of nitrogens with zero attached hydrogens (tertiary/aromatic N) is 5. The predicted octanol–water partition coefficient (Wildman–Crippen LogP) is 1.85. The van der Waals surface area contributed by atoms with Crippen LogP contribution in [0.15, 0.2) is 15.7 Å². The summed E-state index contributed by atoms with van der Waals surface area (Å²) >= 11 is 13.0. The number of carboxylic acid groups (broad SMARTS) is 2. The third-order valence-electron chi connectivity index (χ3n) is 3.35. The van der Waals surface area contributed by atoms with Gasteiger partial charge in [-0.05, 0) is 0 Å². The summed E-state index contributed by atoms with van der Waals surface area (Å²) in [6.07, 6.45) is 0.532. The SMILES string of the molecule is CO/N=C(\C(=O)O)c1csc(N)n1.CO/N=C(\C(=O)O)c1nc(N)sc1Cl.O=C1CCC(=O)N1Cl.[2H]CF. The first-order valence-corrected chi connectivity index (χ1v) is 11.4. The quantitative estimate of drug-likeness (QED) is 0.160. The number of nitrogen functional groups attached to an aromatic ring is 2. The second-order valence-electron chi connectivity index (χ2n) is 5.67. The minimum atomic E-state index is -1.28. The summed E-state index contributed by atoms with van der Waals surface area (Å²) in [6.45, 7) is 0. The Kier molecular flexibility index (Phi) is 14.4. The highest BCUT2D eigenvalue weighted by Crippen LogP contribution is 2.26. The van der Waals surface area contributed by atoms with Crippen molar-refractivity contribution in [2.75, 3.05) is 32.8 Å². The number of aromatic nitrogens is 2. The highest BCUT2D eigenvalue weighted by atomic mass is 35.5. The summed E-state index contributed by atoms with van der Waals surface area (Å²) in [5.41, 5.74) is 10.3. The smallest absolute Gasteiger partial charge is 0.360 e. The number of carbonyl (C=O) groups excluding carboxylic acids is 2. The first-order valence-electron chi connectivity index (χ1n) is 9.74. The molecule has 0 aromatic carbocycles. The average Bonchev–Trinajstić information content (AvgIpc) is 3.51. The first kappa shape index (κ1) is 31.4. The van der Waals surface area contributed by atoms with Gasteiger partial charge in [-0.25, -0.2) is 19.6 Å². The molecule has 1 aliphatic heterocycles. The second kappa shape index (κ2) is 17.0. The van der Waals surface area contributed by atoms with Gasteiger partial charge in [0.05, 0.1) is 8.52 Å². The Bertz CT molecular complexity index is 1170. The fourth-order valence-electron chi connectivity index (χ4n) is 1.97. The number of anilines is 2. The summed E-state index contributed by atoms with van der Waals surface area (Å²) in [7, 11) is 1.49. The third kappa shape index (κ3) is 10.9. The number of aliphatic carboxylic acids is 2. The molecule has 204 valence electrons. The molecule has 2 amide bonds. The lowest BCUT2D eigenvalue weighted by molar-refractivity contribution is -0.133. The number of thiazole rings is 2. The fourth-order valence-corrected chi connectivity index (χ4v) is 3.62. The zero-order valence-corrected chi connectivity index (χ0v) is 22.0. The number of rotatable bonds is 6. The van der Waals surface area contributed by atoms with Crippen LogP contribution in [0.1, 0.15) is 25.6 Å². The summed E-state index contributed by atoms with van der Waals surface area (Å²) in [5, 5.41) is 26.0. The Morgan fingerprint density at radius 3 is 1.89 bits per heavy atom. The number of halogens is 3. The molecule has 0 radical (unpaired) electrons. The molecular formula is C17H20Cl2FN7O8S2. The highest BCUT2D eigenvalue weighted by molar-refractivity contribution is 7.19. The highest BCUT2D eigenvalue weighted by Gasteiger charge is 2.26. The van der Waals surface area contributed by atoms with E-state index in [2.05, 4.69) is 30.0 Å². The van der Waals surface area contributed by atoms with Crippen LogP contribution in [0.2, 0.25) is 4.34 Å². The van der Waals surface area contributed by atoms with E-state index in [9.17, 15) is 23.6 Å². The maximum absolute atomic E-state index is 10.7. The zero-order valence-electron chi connectivity index (χ0n) is 19.9. The maximum atomic E-state index is 10.7. The van der Waals surface area contributed by atoms with Gasteiger partial charge in [0.15, 0.2) is 10.3 Å². The van der Waals surface area contributed by atoms with Crippen LogP contribution in [0.4, 0.5) is 14.7 Å². The van der Waals surface area contributed by atoms with E-state index >= 15 is 0 Å². The molecule has 2 aromatic heterocycles. The molecule has 0 saturated carbocycles. The number of hydrogen-bond acceptors (Lipinski definition) is 14. The first-order chi connectivity index (χ1) is 17.8. The van der Waals surface area contributed by atoms with E-state index in [-0.39, 0.29) is 56.9 Å². The van der Waals surface area contributed by atoms with Crippen molar-refractivity contribution in [3.8, 4) is 0 Å². The fraction of sp³-hybridized carbons (Fsp3) is 0.294. The van der Waals surface area contributed by atoms with Crippen molar-refractivity contribution < 1.29 is 44.8 Å². The summed E-state index contributed by atoms with van der Waals surface area (Å²) in [4.78, 5) is 58.2. The van der Waals surface area contributed by atoms with E-state index in [0.29, 0.717) is 9.55 Å². The molecule has 1 saturated heterocycles. The van der Waals surface area contributed by atoms with Crippen LogP contribution >= 0.6 is 46.1 Å². The lowest BCUT2D eigenvalue weighted by atomic mass is 10.3. The van der Waals surface area contributed by atoms with E-state index in [1.54, 1.807) is 0 Å². The number of oxime groups is 2. The summed E-state index contributed by atoms with van der Waals surface area (Å²) < 4.78 is 16.3. The van der Waals surface area contributed by atoms with Crippen molar-refractivity contribution in [3.05, 3.63) is 21.1 Å². The molecule has 0 unspecified atom stereocenters. The molecule has 2 aromatic rings.